The van der Waals surface area contributed by atoms with Crippen molar-refractivity contribution >= 4 is 70.6 Å². The molecule has 34 atom stereocenters. The van der Waals surface area contributed by atoms with Crippen LogP contribution < -0.4 is 0 Å². The van der Waals surface area contributed by atoms with Gasteiger partial charge in [0.2, 0.25) is 0 Å². The molecule has 11 fully saturated rings. The molecule has 133 heavy (non-hydrogen) atoms. The summed E-state index contributed by atoms with van der Waals surface area (Å²) in [6.45, 7) is -1.61. The Morgan fingerprint density at radius 2 is 0.774 bits per heavy atom. The van der Waals surface area contributed by atoms with Crippen molar-refractivity contribution in [1.29, 1.82) is 0 Å². The highest BCUT2D eigenvalue weighted by Gasteiger charge is 2.69. The van der Waals surface area contributed by atoms with Crippen LogP contribution in [0.2, 0.25) is 0 Å². The standard InChI is InChI=1S/C11H13BF2O4.C10H8BF3O3.C10H11BF2O5.C9H10BF3O3.C8H8BF3O4.C8H8BF3O3.C8H8BF2O6P.C8H9BF2O4/c1-10(2)17-8-6(5-15)16-9(12)11(8,18-10)4-3-7(13)14;1-2-10(16)6(5-15)17-8(11)9(10,14)4-3-7(12)13;1-15-9-17-7-5(4-14)16-8(11)10(7,18-9)3-2-6(12)13;1-8(15)5(4-14)16-7(10)9(8,13)3-2-6(11)12;9-8(12)7(15,2-1-5(10)11)6(14)4(3-13)16-8;9-7-8(12,2-1-5(10)11)6(14)4(3-13)15-7;9-7-8(2-1-5(10)11)6(4(3-12)15-7)16-18(13,14)17-8;9-7-8(14,2-1-5(10)11)6(13)4(3-12)15-7/h4,6,8-9,15H,5H2,1-2H3;1,4,6,8,15-16H,5H2;3,5,7-9,14H,4H2,1H3;3,5,7,14-15H,4H2,1H3;2,4,6,13-15H,3H2;2,4,6-7,13-14H,3H2;2,4,6-7,12H,3H2,(H,13,14);2,4,6-7,12-14H,3H2/t6-,8+,9-,11?;6-,8-,9?,10+;5-,7+,8-,9?,10?;5-,7-,8+,9?;4-,6+,7?,8-;3*4-,6+,7-,8?/m11111111/s1. The van der Waals surface area contributed by atoms with Gasteiger partial charge in [0.1, 0.15) is 163 Å². The monoisotopic (exact) mass is 1950 g/mol. The lowest BCUT2D eigenvalue weighted by atomic mass is 9.74. The first-order valence-corrected chi connectivity index (χ1v) is 38.4. The van der Waals surface area contributed by atoms with Crippen molar-refractivity contribution in [3.63, 3.8) is 0 Å². The number of ether oxygens (including phenoxy) is 13. The van der Waals surface area contributed by atoms with E-state index in [1.807, 2.05) is 0 Å². The first-order chi connectivity index (χ1) is 61.3. The molecule has 0 aliphatic carbocycles. The van der Waals surface area contributed by atoms with Crippen LogP contribution in [0.1, 0.15) is 20.8 Å². The van der Waals surface area contributed by atoms with Crippen molar-refractivity contribution in [2.75, 3.05) is 60.0 Å². The van der Waals surface area contributed by atoms with Gasteiger partial charge in [0.25, 0.3) is 6.48 Å². The van der Waals surface area contributed by atoms with Crippen LogP contribution >= 0.6 is 7.82 Å². The third kappa shape index (κ3) is 26.9. The number of methoxy groups -OCH3 is 1. The van der Waals surface area contributed by atoms with Crippen LogP contribution in [0.4, 0.5) is 87.8 Å². The number of aliphatic hydroxyl groups excluding tert-OH is 11. The number of fused-ring (bicyclic) bond motifs is 3. The molecule has 11 rings (SSSR count). The van der Waals surface area contributed by atoms with E-state index >= 15 is 0 Å². The van der Waals surface area contributed by atoms with Crippen LogP contribution in [0.25, 0.3) is 0 Å². The molecule has 0 aromatic rings. The number of terminal acetylenes is 1. The van der Waals surface area contributed by atoms with E-state index in [-0.39, 0.29) is 25.4 Å². The second-order valence-corrected chi connectivity index (χ2v) is 30.4. The second kappa shape index (κ2) is 48.1. The van der Waals surface area contributed by atoms with Gasteiger partial charge in [0.15, 0.2) is 53.2 Å². The summed E-state index contributed by atoms with van der Waals surface area (Å²) < 4.78 is 332. The molecule has 0 amide bonds. The minimum absolute atomic E-state index is 0.169. The fraction of sp³-hybridized carbons (Fsp3) is 0.639. The maximum absolute atomic E-state index is 14.3. The smallest absolute Gasteiger partial charge is 0.394 e. The van der Waals surface area contributed by atoms with Gasteiger partial charge >= 0.3 is 56.5 Å². The average Bonchev–Trinajstić information content (AvgIpc) is 1.56. The van der Waals surface area contributed by atoms with E-state index in [0.717, 1.165) is 19.1 Å². The molecule has 16 radical (unpaired) electrons. The molecule has 0 aromatic carbocycles. The second-order valence-electron chi connectivity index (χ2n) is 29.1. The number of alkyl halides is 4. The molecular formula is C72H75B8F20O32P. The summed E-state index contributed by atoms with van der Waals surface area (Å²) in [4.78, 5) is 9.24. The predicted octanol–water partition coefficient (Wildman–Crippen LogP) is -1.23. The van der Waals surface area contributed by atoms with Gasteiger partial charge in [-0.15, -0.1) is 6.42 Å². The van der Waals surface area contributed by atoms with E-state index in [4.69, 9.17) is 162 Å². The summed E-state index contributed by atoms with van der Waals surface area (Å²) in [5, 5.41) is 138. The largest absolute Gasteiger partial charge is 0.473 e. The van der Waals surface area contributed by atoms with Crippen molar-refractivity contribution in [1.82, 2.24) is 0 Å². The van der Waals surface area contributed by atoms with E-state index in [1.165, 1.54) is 35.8 Å². The Labute approximate surface area is 750 Å². The highest BCUT2D eigenvalue weighted by molar-refractivity contribution is 7.47. The average molecular weight is 1950 g/mol. The Bertz CT molecular complexity index is 4540. The highest BCUT2D eigenvalue weighted by atomic mass is 31.2. The molecule has 0 saturated carbocycles. The molecule has 0 bridgehead atoms. The van der Waals surface area contributed by atoms with Crippen LogP contribution in [-0.2, 0) is 75.2 Å². The van der Waals surface area contributed by atoms with E-state index in [2.05, 4.69) is 14.0 Å². The van der Waals surface area contributed by atoms with Crippen molar-refractivity contribution in [3.05, 3.63) is 143 Å². The first kappa shape index (κ1) is 119. The third-order valence-electron chi connectivity index (χ3n) is 20.3. The van der Waals surface area contributed by atoms with Crippen molar-refractivity contribution < 1.29 is 244 Å². The molecule has 11 heterocycles. The molecule has 11 saturated heterocycles. The number of rotatable bonds is 17. The minimum Gasteiger partial charge on any atom is -0.394 e. The predicted molar refractivity (Wildman–Crippen MR) is 407 cm³/mol. The van der Waals surface area contributed by atoms with Crippen molar-refractivity contribution in [3.8, 4) is 12.3 Å². The summed E-state index contributed by atoms with van der Waals surface area (Å²) in [6.07, 6.45) is -25.7. The molecule has 16 N–H and O–H groups in total. The van der Waals surface area contributed by atoms with Crippen LogP contribution in [0, 0.1) is 12.3 Å². The fourth-order valence-electron chi connectivity index (χ4n) is 13.4. The van der Waals surface area contributed by atoms with E-state index in [9.17, 15) is 138 Å². The molecule has 10 unspecified atom stereocenters. The number of aliphatic hydroxyl groups is 15. The maximum atomic E-state index is 14.3. The summed E-state index contributed by atoms with van der Waals surface area (Å²) in [5.41, 5.74) is -11.3. The van der Waals surface area contributed by atoms with E-state index in [1.54, 1.807) is 37.0 Å². The third-order valence-corrected chi connectivity index (χ3v) is 21.4. The van der Waals surface area contributed by atoms with Gasteiger partial charge in [-0.05, 0) is 39.0 Å². The van der Waals surface area contributed by atoms with Gasteiger partial charge in [-0.1, -0.05) is 51.8 Å². The van der Waals surface area contributed by atoms with Crippen LogP contribution in [0.3, 0.4) is 0 Å². The van der Waals surface area contributed by atoms with Gasteiger partial charge in [-0.25, -0.2) is 22.1 Å². The highest BCUT2D eigenvalue weighted by Crippen LogP contribution is 2.62. The van der Waals surface area contributed by atoms with E-state index in [0.29, 0.717) is 24.3 Å². The van der Waals surface area contributed by atoms with Crippen LogP contribution in [-0.4, -0.2) is 406 Å². The summed E-state index contributed by atoms with van der Waals surface area (Å²) in [6, 6.07) is -9.85. The van der Waals surface area contributed by atoms with Crippen LogP contribution in [0.5, 0.6) is 0 Å². The lowest BCUT2D eigenvalue weighted by Gasteiger charge is -2.32. The molecule has 32 nitrogen and oxygen atoms in total. The van der Waals surface area contributed by atoms with Gasteiger partial charge in [-0.2, -0.15) is 70.2 Å². The molecule has 0 spiro atoms. The molecule has 11 aliphatic rings. The zero-order valence-corrected chi connectivity index (χ0v) is 69.3. The summed E-state index contributed by atoms with van der Waals surface area (Å²) in [7, 11) is 39.7. The zero-order chi connectivity index (χ0) is 102. The number of hydrogen-bond donors (Lipinski definition) is 16. The van der Waals surface area contributed by atoms with Crippen molar-refractivity contribution in [2.24, 2.45) is 0 Å². The number of hydrogen-bond acceptors (Lipinski definition) is 31. The SMILES string of the molecule is [B][C@@H]1O[C@H](CO)[C@@H]2OC(C)(C)OC12C=C=C(F)F.[B][C@@H]1O[C@H](CO)[C@@H]2OC(OC)OC12C=C=C(F)F.[B][C@@H]1O[C@H](CO)[C@@H]2OP(=O)(O)OC12C=C=C(F)F.[B][C@@H]1O[C@H](CO)[C@@](O)(C#C)C1(F)C=C=C(F)F.[B][C@@H]1O[C@H](CO)[C@H](O)C1(F)C=C=C(F)F.[B][C@@H]1O[C@H](CO)[C@H](O)C1(O)C=C=C(F)F.[B][C@@H]1O[C@H](CO)[C@](C)(O)C1(F)C=C=C(F)F.[B][C@]1(F)O[C@H](CO)[C@H](O)C1(O)C=C=C(F)F. The maximum Gasteiger partial charge on any atom is 0.473 e. The first-order valence-electron chi connectivity index (χ1n) is 36.9. The Morgan fingerprint density at radius 3 is 1.20 bits per heavy atom. The molecule has 0 aromatic heterocycles. The van der Waals surface area contributed by atoms with Gasteiger partial charge in [-0.3, -0.25) is 9.05 Å². The topological polar surface area (TPSA) is 479 Å². The van der Waals surface area contributed by atoms with Crippen LogP contribution in [0.15, 0.2) is 143 Å². The Balaban J connectivity index is 0.000000318. The normalized spacial score (nSPS) is 42.1. The summed E-state index contributed by atoms with van der Waals surface area (Å²) in [5.74, 6) is -2.61. The quantitative estimate of drug-likeness (QED) is 0.0267. The number of halogens is 20. The molecular weight excluding hydrogens is 1870 g/mol. The van der Waals surface area contributed by atoms with Gasteiger partial charge in [0.05, 0.1) is 94.9 Å². The zero-order valence-electron chi connectivity index (χ0n) is 68.4. The molecule has 11 aliphatic heterocycles. The number of phosphoric acid groups is 1. The Hall–Kier alpha value is -6.17. The molecule has 724 valence electrons. The van der Waals surface area contributed by atoms with Gasteiger partial charge < -0.3 is 143 Å². The van der Waals surface area contributed by atoms with Crippen molar-refractivity contribution in [2.45, 2.75) is 222 Å². The molecule has 61 heteroatoms. The Morgan fingerprint density at radius 1 is 0.406 bits per heavy atom. The Kier molecular flexibility index (Phi) is 43.1. The minimum atomic E-state index is -4.43. The lowest BCUT2D eigenvalue weighted by Crippen LogP contribution is -2.55. The fourth-order valence-corrected chi connectivity index (χ4v) is 14.7. The van der Waals surface area contributed by atoms with Gasteiger partial charge in [0, 0.05) is 37.5 Å². The number of phosphoric ester groups is 1. The summed E-state index contributed by atoms with van der Waals surface area (Å²) >= 11 is 0. The van der Waals surface area contributed by atoms with E-state index < -0.39 is 298 Å². The lowest BCUT2D eigenvalue weighted by molar-refractivity contribution is -0.254.